The molecule has 0 spiro atoms. The molecule has 33 heavy (non-hydrogen) atoms. The summed E-state index contributed by atoms with van der Waals surface area (Å²) in [4.78, 5) is 12.8. The van der Waals surface area contributed by atoms with Crippen LogP contribution in [0.1, 0.15) is 11.1 Å². The summed E-state index contributed by atoms with van der Waals surface area (Å²) in [6.45, 7) is 1.79. The van der Waals surface area contributed by atoms with Gasteiger partial charge in [0.15, 0.2) is 0 Å². The largest absolute Gasteiger partial charge is 0.422 e. The second-order valence-electron chi connectivity index (χ2n) is 7.53. The molecule has 0 unspecified atom stereocenters. The first-order chi connectivity index (χ1) is 16.1. The number of fused-ring (bicyclic) bond motifs is 1. The van der Waals surface area contributed by atoms with Crippen LogP contribution in [0.5, 0.6) is 0 Å². The summed E-state index contributed by atoms with van der Waals surface area (Å²) in [6, 6.07) is 23.1. The van der Waals surface area contributed by atoms with E-state index in [1.54, 1.807) is 42.2 Å². The normalized spacial score (nSPS) is 11.3. The Balaban J connectivity index is 1.59. The average molecular weight is 438 g/mol. The maximum absolute atomic E-state index is 13.4. The average Bonchev–Trinajstić information content (AvgIpc) is 3.24. The first-order valence-electron chi connectivity index (χ1n) is 10.3. The summed E-state index contributed by atoms with van der Waals surface area (Å²) in [5.74, 6) is -0.309. The van der Waals surface area contributed by atoms with Gasteiger partial charge in [0.05, 0.1) is 23.2 Å². The number of aryl methyl sites for hydroxylation is 1. The molecule has 0 aliphatic heterocycles. The summed E-state index contributed by atoms with van der Waals surface area (Å²) in [6.07, 6.45) is 3.38. The minimum absolute atomic E-state index is 0.309. The zero-order chi connectivity index (χ0) is 22.8. The van der Waals surface area contributed by atoms with Crippen molar-refractivity contribution in [1.29, 1.82) is 0 Å². The molecule has 3 aromatic carbocycles. The molecule has 7 heteroatoms. The molecule has 6 nitrogen and oxygen atoms in total. The van der Waals surface area contributed by atoms with E-state index >= 15 is 0 Å². The second-order valence-corrected chi connectivity index (χ2v) is 7.53. The number of nitrogens with zero attached hydrogens (tertiary/aromatic N) is 3. The van der Waals surface area contributed by atoms with Crippen molar-refractivity contribution < 1.29 is 8.81 Å². The molecule has 2 heterocycles. The lowest BCUT2D eigenvalue weighted by Gasteiger charge is -2.04. The smallest absolute Gasteiger partial charge is 0.345 e. The van der Waals surface area contributed by atoms with E-state index in [2.05, 4.69) is 15.6 Å². The number of para-hydroxylation sites is 2. The number of halogens is 1. The molecule has 0 saturated carbocycles. The van der Waals surface area contributed by atoms with Crippen LogP contribution >= 0.6 is 0 Å². The lowest BCUT2D eigenvalue weighted by atomic mass is 10.1. The van der Waals surface area contributed by atoms with E-state index in [-0.39, 0.29) is 5.82 Å². The zero-order valence-corrected chi connectivity index (χ0v) is 17.7. The number of rotatable bonds is 5. The van der Waals surface area contributed by atoms with Gasteiger partial charge >= 0.3 is 5.63 Å². The van der Waals surface area contributed by atoms with E-state index < -0.39 is 5.63 Å². The lowest BCUT2D eigenvalue weighted by molar-refractivity contribution is 0.563. The standard InChI is InChI=1S/C26H19FN4O2/c1-17-13-20(27)11-12-23(17)29-28-15-19-16-31(21-8-3-2-4-9-21)30-25(19)22-14-18-7-5-6-10-24(18)33-26(22)32/h2-16,29H,1H3. The minimum Gasteiger partial charge on any atom is -0.422 e. The lowest BCUT2D eigenvalue weighted by Crippen LogP contribution is -2.05. The van der Waals surface area contributed by atoms with Gasteiger partial charge in [0, 0.05) is 17.1 Å². The zero-order valence-electron chi connectivity index (χ0n) is 17.7. The van der Waals surface area contributed by atoms with E-state index in [0.717, 1.165) is 16.6 Å². The van der Waals surface area contributed by atoms with Gasteiger partial charge in [0.2, 0.25) is 0 Å². The topological polar surface area (TPSA) is 72.4 Å². The molecule has 5 aromatic rings. The summed E-state index contributed by atoms with van der Waals surface area (Å²) in [7, 11) is 0. The summed E-state index contributed by atoms with van der Waals surface area (Å²) in [5, 5.41) is 9.76. The van der Waals surface area contributed by atoms with Gasteiger partial charge in [0.25, 0.3) is 0 Å². The highest BCUT2D eigenvalue weighted by Crippen LogP contribution is 2.24. The third kappa shape index (κ3) is 4.16. The Morgan fingerprint density at radius 1 is 1.03 bits per heavy atom. The Bertz CT molecular complexity index is 1540. The molecule has 162 valence electrons. The highest BCUT2D eigenvalue weighted by atomic mass is 19.1. The predicted octanol–water partition coefficient (Wildman–Crippen LogP) is 5.54. The number of hydrogen-bond acceptors (Lipinski definition) is 5. The highest BCUT2D eigenvalue weighted by Gasteiger charge is 2.16. The molecular weight excluding hydrogens is 419 g/mol. The minimum atomic E-state index is -0.482. The monoisotopic (exact) mass is 438 g/mol. The molecule has 0 fully saturated rings. The van der Waals surface area contributed by atoms with Gasteiger partial charge in [0.1, 0.15) is 17.1 Å². The molecule has 0 aliphatic carbocycles. The van der Waals surface area contributed by atoms with Crippen LogP contribution in [0.15, 0.2) is 99.4 Å². The Kier molecular flexibility index (Phi) is 5.28. The first kappa shape index (κ1) is 20.4. The number of hydrogen-bond donors (Lipinski definition) is 1. The molecular formula is C26H19FN4O2. The number of hydrazone groups is 1. The van der Waals surface area contributed by atoms with Crippen LogP contribution < -0.4 is 11.1 Å². The third-order valence-electron chi connectivity index (χ3n) is 5.24. The van der Waals surface area contributed by atoms with Crippen LogP contribution in [0.4, 0.5) is 10.1 Å². The number of benzene rings is 3. The molecule has 0 amide bonds. The quantitative estimate of drug-likeness (QED) is 0.222. The van der Waals surface area contributed by atoms with E-state index in [0.29, 0.717) is 28.1 Å². The summed E-state index contributed by atoms with van der Waals surface area (Å²) >= 11 is 0. The van der Waals surface area contributed by atoms with E-state index in [1.807, 2.05) is 48.5 Å². The van der Waals surface area contributed by atoms with Crippen LogP contribution in [0.2, 0.25) is 0 Å². The number of aromatic nitrogens is 2. The summed E-state index contributed by atoms with van der Waals surface area (Å²) in [5.41, 5.74) is 6.59. The molecule has 0 radical (unpaired) electrons. The Morgan fingerprint density at radius 3 is 2.64 bits per heavy atom. The van der Waals surface area contributed by atoms with Gasteiger partial charge in [-0.05, 0) is 55.0 Å². The van der Waals surface area contributed by atoms with Crippen molar-refractivity contribution in [2.45, 2.75) is 6.92 Å². The summed E-state index contributed by atoms with van der Waals surface area (Å²) < 4.78 is 20.6. The van der Waals surface area contributed by atoms with Gasteiger partial charge in [-0.2, -0.15) is 10.2 Å². The molecule has 5 rings (SSSR count). The third-order valence-corrected chi connectivity index (χ3v) is 5.24. The van der Waals surface area contributed by atoms with Crippen LogP contribution in [-0.2, 0) is 0 Å². The van der Waals surface area contributed by atoms with Crippen LogP contribution in [0, 0.1) is 12.7 Å². The number of anilines is 1. The van der Waals surface area contributed by atoms with Crippen molar-refractivity contribution >= 4 is 22.9 Å². The van der Waals surface area contributed by atoms with Crippen molar-refractivity contribution in [3.05, 3.63) is 112 Å². The Hall–Kier alpha value is -4.52. The van der Waals surface area contributed by atoms with Gasteiger partial charge in [-0.25, -0.2) is 13.9 Å². The van der Waals surface area contributed by atoms with E-state index in [4.69, 9.17) is 4.42 Å². The fourth-order valence-electron chi connectivity index (χ4n) is 3.55. The van der Waals surface area contributed by atoms with Crippen molar-refractivity contribution in [2.75, 3.05) is 5.43 Å². The van der Waals surface area contributed by atoms with Crippen LogP contribution in [0.25, 0.3) is 27.9 Å². The fraction of sp³-hybridized carbons (Fsp3) is 0.0385. The van der Waals surface area contributed by atoms with Crippen molar-refractivity contribution in [3.8, 4) is 16.9 Å². The fourth-order valence-corrected chi connectivity index (χ4v) is 3.55. The SMILES string of the molecule is Cc1cc(F)ccc1NN=Cc1cn(-c2ccccc2)nc1-c1cc2ccccc2oc1=O. The molecule has 0 saturated heterocycles. The first-order valence-corrected chi connectivity index (χ1v) is 10.3. The van der Waals surface area contributed by atoms with E-state index in [9.17, 15) is 9.18 Å². The van der Waals surface area contributed by atoms with Gasteiger partial charge in [-0.15, -0.1) is 0 Å². The highest BCUT2D eigenvalue weighted by molar-refractivity contribution is 5.91. The van der Waals surface area contributed by atoms with Crippen LogP contribution in [-0.4, -0.2) is 16.0 Å². The maximum atomic E-state index is 13.4. The number of nitrogens with one attached hydrogen (secondary N) is 1. The van der Waals surface area contributed by atoms with Crippen molar-refractivity contribution in [1.82, 2.24) is 9.78 Å². The van der Waals surface area contributed by atoms with Crippen molar-refractivity contribution in [3.63, 3.8) is 0 Å². The predicted molar refractivity (Wildman–Crippen MR) is 127 cm³/mol. The Morgan fingerprint density at radius 2 is 1.82 bits per heavy atom. The van der Waals surface area contributed by atoms with Gasteiger partial charge in [-0.3, -0.25) is 5.43 Å². The van der Waals surface area contributed by atoms with Gasteiger partial charge in [-0.1, -0.05) is 36.4 Å². The van der Waals surface area contributed by atoms with Crippen molar-refractivity contribution in [2.24, 2.45) is 5.10 Å². The molecule has 0 bridgehead atoms. The molecule has 0 atom stereocenters. The maximum Gasteiger partial charge on any atom is 0.345 e. The molecule has 2 aromatic heterocycles. The Labute approximate surface area is 188 Å². The second kappa shape index (κ2) is 8.55. The van der Waals surface area contributed by atoms with Gasteiger partial charge < -0.3 is 4.42 Å². The molecule has 0 aliphatic rings. The molecule has 1 N–H and O–H groups in total. The van der Waals surface area contributed by atoms with Crippen LogP contribution in [0.3, 0.4) is 0 Å². The van der Waals surface area contributed by atoms with E-state index in [1.165, 1.54) is 12.1 Å².